The molecule has 7 heteroatoms. The Bertz CT molecular complexity index is 1070. The van der Waals surface area contributed by atoms with E-state index in [1.807, 2.05) is 0 Å². The Hall–Kier alpha value is -3.61. The molecule has 1 N–H and O–H groups in total. The van der Waals surface area contributed by atoms with Crippen molar-refractivity contribution in [1.82, 2.24) is 4.90 Å². The third-order valence-corrected chi connectivity index (χ3v) is 4.70. The van der Waals surface area contributed by atoms with Crippen molar-refractivity contribution in [1.29, 1.82) is 0 Å². The van der Waals surface area contributed by atoms with E-state index in [2.05, 4.69) is 0 Å². The molecule has 1 unspecified atom stereocenters. The van der Waals surface area contributed by atoms with Gasteiger partial charge in [0.05, 0.1) is 24.6 Å². The molecule has 1 aromatic carbocycles. The molecule has 3 heterocycles. The second kappa shape index (κ2) is 6.84. The van der Waals surface area contributed by atoms with Crippen LogP contribution in [0.2, 0.25) is 0 Å². The van der Waals surface area contributed by atoms with E-state index in [0.717, 1.165) is 6.07 Å². The van der Waals surface area contributed by atoms with Gasteiger partial charge >= 0.3 is 0 Å². The molecule has 0 bridgehead atoms. The van der Waals surface area contributed by atoms with Gasteiger partial charge in [-0.2, -0.15) is 0 Å². The molecule has 0 spiro atoms. The van der Waals surface area contributed by atoms with E-state index in [1.165, 1.54) is 29.6 Å². The van der Waals surface area contributed by atoms with E-state index >= 15 is 0 Å². The number of benzene rings is 1. The number of aryl methyl sites for hydroxylation is 1. The van der Waals surface area contributed by atoms with E-state index in [-0.39, 0.29) is 17.7 Å². The monoisotopic (exact) mass is 381 g/mol. The number of furan rings is 2. The van der Waals surface area contributed by atoms with Crippen molar-refractivity contribution in [2.24, 2.45) is 0 Å². The zero-order chi connectivity index (χ0) is 19.8. The van der Waals surface area contributed by atoms with Gasteiger partial charge in [-0.05, 0) is 42.8 Å². The Labute approximate surface area is 159 Å². The number of carbonyl (C=O) groups is 2. The summed E-state index contributed by atoms with van der Waals surface area (Å²) in [6.07, 6.45) is 2.87. The van der Waals surface area contributed by atoms with Crippen molar-refractivity contribution in [2.45, 2.75) is 19.5 Å². The van der Waals surface area contributed by atoms with Gasteiger partial charge in [0.2, 0.25) is 0 Å². The van der Waals surface area contributed by atoms with Gasteiger partial charge in [0, 0.05) is 5.56 Å². The average molecular weight is 381 g/mol. The molecule has 1 amide bonds. The van der Waals surface area contributed by atoms with Gasteiger partial charge in [0.15, 0.2) is 0 Å². The minimum Gasteiger partial charge on any atom is -0.507 e. The third kappa shape index (κ3) is 2.90. The summed E-state index contributed by atoms with van der Waals surface area (Å²) in [5.41, 5.74) is 0.350. The van der Waals surface area contributed by atoms with Crippen molar-refractivity contribution in [2.75, 3.05) is 0 Å². The van der Waals surface area contributed by atoms with Crippen LogP contribution in [0, 0.1) is 12.7 Å². The molecule has 0 aliphatic carbocycles. The van der Waals surface area contributed by atoms with Gasteiger partial charge in [-0.25, -0.2) is 4.39 Å². The van der Waals surface area contributed by atoms with Gasteiger partial charge in [-0.1, -0.05) is 12.1 Å². The highest BCUT2D eigenvalue weighted by Crippen LogP contribution is 2.40. The number of halogens is 1. The molecular formula is C21H16FNO5. The fourth-order valence-electron chi connectivity index (χ4n) is 3.25. The standard InChI is InChI=1S/C21H16FNO5/c1-12-6-7-13(10-15(12)22)19(24)17-18(16-5-3-9-28-16)23(21(26)20(17)25)11-14-4-2-8-27-14/h2-10,18,24H,11H2,1H3/b19-17+. The number of Topliss-reactive ketones (excluding diaryl/α,β-unsaturated/α-hetero) is 1. The van der Waals surface area contributed by atoms with Gasteiger partial charge in [0.25, 0.3) is 11.7 Å². The van der Waals surface area contributed by atoms with Crippen LogP contribution in [0.3, 0.4) is 0 Å². The first-order chi connectivity index (χ1) is 13.5. The predicted molar refractivity (Wildman–Crippen MR) is 96.4 cm³/mol. The molecule has 1 aliphatic rings. The summed E-state index contributed by atoms with van der Waals surface area (Å²) in [6.45, 7) is 1.60. The van der Waals surface area contributed by atoms with E-state index in [4.69, 9.17) is 8.83 Å². The van der Waals surface area contributed by atoms with Crippen LogP contribution < -0.4 is 0 Å². The SMILES string of the molecule is Cc1ccc(/C(O)=C2\C(=O)C(=O)N(Cc3ccco3)C2c2ccco2)cc1F. The van der Waals surface area contributed by atoms with Crippen LogP contribution in [0.1, 0.15) is 28.7 Å². The smallest absolute Gasteiger partial charge is 0.296 e. The minimum atomic E-state index is -0.954. The van der Waals surface area contributed by atoms with Crippen molar-refractivity contribution in [3.05, 3.63) is 89.0 Å². The summed E-state index contributed by atoms with van der Waals surface area (Å²) >= 11 is 0. The van der Waals surface area contributed by atoms with Gasteiger partial charge in [-0.15, -0.1) is 0 Å². The van der Waals surface area contributed by atoms with E-state index in [1.54, 1.807) is 31.2 Å². The number of aliphatic hydroxyl groups is 1. The lowest BCUT2D eigenvalue weighted by molar-refractivity contribution is -0.140. The van der Waals surface area contributed by atoms with Crippen LogP contribution >= 0.6 is 0 Å². The Morgan fingerprint density at radius 3 is 2.54 bits per heavy atom. The highest BCUT2D eigenvalue weighted by Gasteiger charge is 2.47. The zero-order valence-electron chi connectivity index (χ0n) is 14.9. The summed E-state index contributed by atoms with van der Waals surface area (Å²) < 4.78 is 24.7. The highest BCUT2D eigenvalue weighted by molar-refractivity contribution is 6.46. The molecule has 1 atom stereocenters. The van der Waals surface area contributed by atoms with Crippen LogP contribution in [0.25, 0.3) is 5.76 Å². The Morgan fingerprint density at radius 1 is 1.14 bits per heavy atom. The summed E-state index contributed by atoms with van der Waals surface area (Å²) in [5.74, 6) is -1.87. The second-order valence-corrected chi connectivity index (χ2v) is 6.49. The summed E-state index contributed by atoms with van der Waals surface area (Å²) in [5, 5.41) is 10.8. The Kier molecular flexibility index (Phi) is 4.35. The minimum absolute atomic E-state index is 0.0159. The maximum Gasteiger partial charge on any atom is 0.296 e. The van der Waals surface area contributed by atoms with Crippen LogP contribution in [-0.2, 0) is 16.1 Å². The largest absolute Gasteiger partial charge is 0.507 e. The number of nitrogens with zero attached hydrogens (tertiary/aromatic N) is 1. The molecule has 3 aromatic rings. The van der Waals surface area contributed by atoms with Crippen LogP contribution in [0.15, 0.2) is 69.4 Å². The fraction of sp³-hybridized carbons (Fsp3) is 0.143. The second-order valence-electron chi connectivity index (χ2n) is 6.49. The molecular weight excluding hydrogens is 365 g/mol. The maximum atomic E-state index is 14.0. The van der Waals surface area contributed by atoms with Crippen LogP contribution in [0.4, 0.5) is 4.39 Å². The molecule has 0 radical (unpaired) electrons. The molecule has 1 aliphatic heterocycles. The Balaban J connectivity index is 1.85. The normalized spacial score (nSPS) is 18.8. The molecule has 2 aromatic heterocycles. The lowest BCUT2D eigenvalue weighted by Crippen LogP contribution is -2.28. The predicted octanol–water partition coefficient (Wildman–Crippen LogP) is 3.94. The first-order valence-corrected chi connectivity index (χ1v) is 8.58. The summed E-state index contributed by atoms with van der Waals surface area (Å²) in [4.78, 5) is 26.7. The number of hydrogen-bond donors (Lipinski definition) is 1. The van der Waals surface area contributed by atoms with Crippen molar-refractivity contribution in [3.63, 3.8) is 0 Å². The third-order valence-electron chi connectivity index (χ3n) is 4.70. The quantitative estimate of drug-likeness (QED) is 0.420. The first-order valence-electron chi connectivity index (χ1n) is 8.58. The zero-order valence-corrected chi connectivity index (χ0v) is 14.9. The number of hydrogen-bond acceptors (Lipinski definition) is 5. The van der Waals surface area contributed by atoms with Crippen molar-refractivity contribution < 1.29 is 27.9 Å². The molecule has 4 rings (SSSR count). The number of carbonyl (C=O) groups excluding carboxylic acids is 2. The lowest BCUT2D eigenvalue weighted by Gasteiger charge is -2.22. The first kappa shape index (κ1) is 17.8. The van der Waals surface area contributed by atoms with Crippen LogP contribution in [-0.4, -0.2) is 21.7 Å². The molecule has 6 nitrogen and oxygen atoms in total. The number of amides is 1. The number of likely N-dealkylation sites (tertiary alicyclic amines) is 1. The molecule has 28 heavy (non-hydrogen) atoms. The topological polar surface area (TPSA) is 83.9 Å². The molecule has 1 saturated heterocycles. The average Bonchev–Trinajstić information content (AvgIpc) is 3.42. The maximum absolute atomic E-state index is 14.0. The molecule has 142 valence electrons. The van der Waals surface area contributed by atoms with Crippen LogP contribution in [0.5, 0.6) is 0 Å². The Morgan fingerprint density at radius 2 is 1.89 bits per heavy atom. The summed E-state index contributed by atoms with van der Waals surface area (Å²) in [6, 6.07) is 9.73. The van der Waals surface area contributed by atoms with E-state index < -0.39 is 29.3 Å². The number of aliphatic hydroxyl groups excluding tert-OH is 1. The van der Waals surface area contributed by atoms with Crippen molar-refractivity contribution in [3.8, 4) is 0 Å². The molecule has 1 fully saturated rings. The number of rotatable bonds is 4. The van der Waals surface area contributed by atoms with Gasteiger partial charge in [0.1, 0.15) is 29.1 Å². The lowest BCUT2D eigenvalue weighted by atomic mass is 9.98. The number of ketones is 1. The van der Waals surface area contributed by atoms with Crippen molar-refractivity contribution >= 4 is 17.4 Å². The molecule has 0 saturated carbocycles. The highest BCUT2D eigenvalue weighted by atomic mass is 19.1. The summed E-state index contributed by atoms with van der Waals surface area (Å²) in [7, 11) is 0. The van der Waals surface area contributed by atoms with E-state index in [0.29, 0.717) is 17.1 Å². The fourth-order valence-corrected chi connectivity index (χ4v) is 3.25. The van der Waals surface area contributed by atoms with Gasteiger partial charge < -0.3 is 18.8 Å². The van der Waals surface area contributed by atoms with E-state index in [9.17, 15) is 19.1 Å². The van der Waals surface area contributed by atoms with Gasteiger partial charge in [-0.3, -0.25) is 9.59 Å².